The Balaban J connectivity index is 2.02. The minimum Gasteiger partial charge on any atom is -0.370 e. The second-order valence-electron chi connectivity index (χ2n) is 5.90. The van der Waals surface area contributed by atoms with Crippen LogP contribution in [0.4, 0.5) is 5.69 Å². The van der Waals surface area contributed by atoms with Crippen LogP contribution in [0.15, 0.2) is 48.5 Å². The molecule has 0 spiro atoms. The molecular weight excluding hydrogens is 272 g/mol. The predicted octanol–water partition coefficient (Wildman–Crippen LogP) is 3.31. The highest BCUT2D eigenvalue weighted by atomic mass is 16.1. The van der Waals surface area contributed by atoms with Gasteiger partial charge in [0, 0.05) is 36.4 Å². The van der Waals surface area contributed by atoms with Gasteiger partial charge in [0.05, 0.1) is 0 Å². The molecule has 2 aromatic rings. The van der Waals surface area contributed by atoms with Gasteiger partial charge < -0.3 is 9.80 Å². The maximum absolute atomic E-state index is 11.2. The van der Waals surface area contributed by atoms with Crippen molar-refractivity contribution >= 4 is 12.0 Å². The number of likely N-dealkylation sites (N-methyl/N-ethyl adjacent to an activating group) is 1. The van der Waals surface area contributed by atoms with Crippen molar-refractivity contribution in [1.82, 2.24) is 4.90 Å². The van der Waals surface area contributed by atoms with E-state index < -0.39 is 0 Å². The van der Waals surface area contributed by atoms with Crippen molar-refractivity contribution in [2.45, 2.75) is 6.42 Å². The summed E-state index contributed by atoms with van der Waals surface area (Å²) in [6.07, 6.45) is 2.08. The van der Waals surface area contributed by atoms with Gasteiger partial charge >= 0.3 is 0 Å². The topological polar surface area (TPSA) is 23.6 Å². The van der Waals surface area contributed by atoms with E-state index in [0.717, 1.165) is 44.4 Å². The van der Waals surface area contributed by atoms with Crippen LogP contribution < -0.4 is 4.90 Å². The van der Waals surface area contributed by atoms with Gasteiger partial charge in [-0.05, 0) is 31.6 Å². The summed E-state index contributed by atoms with van der Waals surface area (Å²) >= 11 is 0. The third kappa shape index (κ3) is 3.20. The van der Waals surface area contributed by atoms with Crippen molar-refractivity contribution < 1.29 is 4.79 Å². The first-order valence-electron chi connectivity index (χ1n) is 7.86. The van der Waals surface area contributed by atoms with Gasteiger partial charge in [0.25, 0.3) is 0 Å². The van der Waals surface area contributed by atoms with Gasteiger partial charge in [-0.3, -0.25) is 4.79 Å². The quantitative estimate of drug-likeness (QED) is 0.811. The van der Waals surface area contributed by atoms with E-state index in [1.165, 1.54) is 16.8 Å². The number of hydrogen-bond donors (Lipinski definition) is 0. The minimum atomic E-state index is 0.743. The lowest BCUT2D eigenvalue weighted by molar-refractivity contribution is 0.112. The normalized spacial score (nSPS) is 16.3. The third-order valence-corrected chi connectivity index (χ3v) is 4.30. The summed E-state index contributed by atoms with van der Waals surface area (Å²) in [7, 11) is 2.17. The van der Waals surface area contributed by atoms with E-state index in [1.807, 2.05) is 18.2 Å². The van der Waals surface area contributed by atoms with Crippen molar-refractivity contribution in [3.63, 3.8) is 0 Å². The van der Waals surface area contributed by atoms with Crippen LogP contribution in [-0.4, -0.2) is 44.4 Å². The molecule has 22 heavy (non-hydrogen) atoms. The standard InChI is InChI=1S/C19H22N2O/c1-20-10-5-11-21(13-12-20)19-14-16(15-22)8-9-18(19)17-6-3-2-4-7-17/h2-4,6-9,14-15H,5,10-13H2,1H3. The third-order valence-electron chi connectivity index (χ3n) is 4.30. The van der Waals surface area contributed by atoms with Gasteiger partial charge in [0.1, 0.15) is 6.29 Å². The molecule has 114 valence electrons. The lowest BCUT2D eigenvalue weighted by atomic mass is 10.0. The summed E-state index contributed by atoms with van der Waals surface area (Å²) < 4.78 is 0. The number of rotatable bonds is 3. The van der Waals surface area contributed by atoms with Crippen LogP contribution in [0.2, 0.25) is 0 Å². The lowest BCUT2D eigenvalue weighted by Crippen LogP contribution is -2.29. The molecule has 0 amide bonds. The Kier molecular flexibility index (Phi) is 4.54. The van der Waals surface area contributed by atoms with Gasteiger partial charge in [0.2, 0.25) is 0 Å². The largest absolute Gasteiger partial charge is 0.370 e. The van der Waals surface area contributed by atoms with Gasteiger partial charge in [0.15, 0.2) is 0 Å². The van der Waals surface area contributed by atoms with E-state index in [0.29, 0.717) is 0 Å². The van der Waals surface area contributed by atoms with Gasteiger partial charge in [-0.1, -0.05) is 42.5 Å². The van der Waals surface area contributed by atoms with Crippen molar-refractivity contribution in [3.8, 4) is 11.1 Å². The molecule has 3 rings (SSSR count). The Morgan fingerprint density at radius 2 is 1.77 bits per heavy atom. The summed E-state index contributed by atoms with van der Waals surface area (Å²) in [5, 5.41) is 0. The van der Waals surface area contributed by atoms with Crippen molar-refractivity contribution in [3.05, 3.63) is 54.1 Å². The molecule has 0 radical (unpaired) electrons. The first kappa shape index (κ1) is 14.8. The smallest absolute Gasteiger partial charge is 0.150 e. The molecule has 2 aromatic carbocycles. The van der Waals surface area contributed by atoms with Crippen LogP contribution in [0.1, 0.15) is 16.8 Å². The molecule has 0 bridgehead atoms. The molecular formula is C19H22N2O. The van der Waals surface area contributed by atoms with E-state index in [4.69, 9.17) is 0 Å². The molecule has 1 saturated heterocycles. The highest BCUT2D eigenvalue weighted by Gasteiger charge is 2.16. The zero-order valence-electron chi connectivity index (χ0n) is 13.0. The Labute approximate surface area is 132 Å². The molecule has 0 unspecified atom stereocenters. The van der Waals surface area contributed by atoms with E-state index >= 15 is 0 Å². The number of anilines is 1. The average Bonchev–Trinajstić information content (AvgIpc) is 2.79. The second-order valence-corrected chi connectivity index (χ2v) is 5.90. The molecule has 0 atom stereocenters. The molecule has 0 aliphatic carbocycles. The summed E-state index contributed by atoms with van der Waals surface area (Å²) in [4.78, 5) is 16.0. The molecule has 3 heteroatoms. The molecule has 0 aromatic heterocycles. The first-order valence-corrected chi connectivity index (χ1v) is 7.86. The molecule has 0 N–H and O–H groups in total. The zero-order valence-corrected chi connectivity index (χ0v) is 13.0. The molecule has 1 heterocycles. The van der Waals surface area contributed by atoms with Crippen LogP contribution in [-0.2, 0) is 0 Å². The van der Waals surface area contributed by atoms with Gasteiger partial charge in [-0.15, -0.1) is 0 Å². The monoisotopic (exact) mass is 294 g/mol. The minimum absolute atomic E-state index is 0.743. The van der Waals surface area contributed by atoms with Crippen LogP contribution in [0.25, 0.3) is 11.1 Å². The van der Waals surface area contributed by atoms with Crippen LogP contribution in [0.3, 0.4) is 0 Å². The van der Waals surface area contributed by atoms with Crippen molar-refractivity contribution in [2.75, 3.05) is 38.1 Å². The molecule has 0 saturated carbocycles. The number of carbonyl (C=O) groups is 1. The van der Waals surface area contributed by atoms with Gasteiger partial charge in [-0.2, -0.15) is 0 Å². The summed E-state index contributed by atoms with van der Waals surface area (Å²) in [5.74, 6) is 0. The summed E-state index contributed by atoms with van der Waals surface area (Å²) in [6, 6.07) is 16.4. The van der Waals surface area contributed by atoms with E-state index in [9.17, 15) is 4.79 Å². The Morgan fingerprint density at radius 1 is 0.955 bits per heavy atom. The summed E-state index contributed by atoms with van der Waals surface area (Å²) in [6.45, 7) is 4.22. The molecule has 3 nitrogen and oxygen atoms in total. The number of benzene rings is 2. The fourth-order valence-electron chi connectivity index (χ4n) is 3.03. The molecule has 1 aliphatic rings. The fourth-order valence-corrected chi connectivity index (χ4v) is 3.03. The van der Waals surface area contributed by atoms with Crippen LogP contribution in [0, 0.1) is 0 Å². The number of carbonyl (C=O) groups excluding carboxylic acids is 1. The number of aldehydes is 1. The SMILES string of the molecule is CN1CCCN(c2cc(C=O)ccc2-c2ccccc2)CC1. The number of hydrogen-bond acceptors (Lipinski definition) is 3. The Hall–Kier alpha value is -2.13. The maximum Gasteiger partial charge on any atom is 0.150 e. The maximum atomic E-state index is 11.2. The van der Waals surface area contributed by atoms with Crippen molar-refractivity contribution in [1.29, 1.82) is 0 Å². The highest BCUT2D eigenvalue weighted by molar-refractivity contribution is 5.85. The molecule has 1 aliphatic heterocycles. The molecule has 1 fully saturated rings. The Bertz CT molecular complexity index is 639. The Morgan fingerprint density at radius 3 is 2.55 bits per heavy atom. The fraction of sp³-hybridized carbons (Fsp3) is 0.316. The second kappa shape index (κ2) is 6.75. The number of nitrogens with zero attached hydrogens (tertiary/aromatic N) is 2. The lowest BCUT2D eigenvalue weighted by Gasteiger charge is -2.26. The summed E-state index contributed by atoms with van der Waals surface area (Å²) in [5.41, 5.74) is 4.32. The predicted molar refractivity (Wildman–Crippen MR) is 91.6 cm³/mol. The van der Waals surface area contributed by atoms with Crippen LogP contribution in [0.5, 0.6) is 0 Å². The van der Waals surface area contributed by atoms with Gasteiger partial charge in [-0.25, -0.2) is 0 Å². The highest BCUT2D eigenvalue weighted by Crippen LogP contribution is 2.32. The van der Waals surface area contributed by atoms with Crippen molar-refractivity contribution in [2.24, 2.45) is 0 Å². The average molecular weight is 294 g/mol. The zero-order chi connectivity index (χ0) is 15.4. The van der Waals surface area contributed by atoms with E-state index in [1.54, 1.807) is 0 Å². The first-order chi connectivity index (χ1) is 10.8. The van der Waals surface area contributed by atoms with E-state index in [2.05, 4.69) is 47.2 Å². The van der Waals surface area contributed by atoms with E-state index in [-0.39, 0.29) is 0 Å². The van der Waals surface area contributed by atoms with Crippen LogP contribution >= 0.6 is 0 Å².